The van der Waals surface area contributed by atoms with E-state index in [-0.39, 0.29) is 0 Å². The predicted octanol–water partition coefficient (Wildman–Crippen LogP) is 3.48. The van der Waals surface area contributed by atoms with E-state index in [2.05, 4.69) is 26.1 Å². The van der Waals surface area contributed by atoms with E-state index in [1.807, 2.05) is 18.2 Å². The van der Waals surface area contributed by atoms with Gasteiger partial charge in [-0.1, -0.05) is 20.8 Å². The summed E-state index contributed by atoms with van der Waals surface area (Å²) < 4.78 is 0. The van der Waals surface area contributed by atoms with Crippen molar-refractivity contribution >= 4 is 17.1 Å². The first-order valence-corrected chi connectivity index (χ1v) is 7.24. The van der Waals surface area contributed by atoms with Crippen LogP contribution in [0, 0.1) is 16.7 Å². The van der Waals surface area contributed by atoms with Crippen molar-refractivity contribution in [1.29, 1.82) is 0 Å². The maximum Gasteiger partial charge on any atom is 0.0568 e. The van der Waals surface area contributed by atoms with Gasteiger partial charge in [0.2, 0.25) is 0 Å². The van der Waals surface area contributed by atoms with Gasteiger partial charge in [-0.15, -0.1) is 0 Å². The standard InChI is InChI=1S/C16H25N3/c1-15(2)10-6-7-16(3,9-10)14(15)19-11-4-5-12(17)13(18)8-11/h4-5,8,10,14,19H,6-7,9,17-18H2,1-3H3. The third-order valence-electron chi connectivity index (χ3n) is 5.67. The summed E-state index contributed by atoms with van der Waals surface area (Å²) in [6.07, 6.45) is 4.07. The van der Waals surface area contributed by atoms with Crippen molar-refractivity contribution in [1.82, 2.24) is 0 Å². The average molecular weight is 259 g/mol. The molecule has 2 aliphatic rings. The fraction of sp³-hybridized carbons (Fsp3) is 0.625. The second kappa shape index (κ2) is 3.81. The topological polar surface area (TPSA) is 64.1 Å². The van der Waals surface area contributed by atoms with Gasteiger partial charge in [0.1, 0.15) is 0 Å². The number of nitrogen functional groups attached to an aromatic ring is 2. The van der Waals surface area contributed by atoms with Crippen molar-refractivity contribution in [2.45, 2.75) is 46.1 Å². The van der Waals surface area contributed by atoms with Gasteiger partial charge in [0, 0.05) is 11.7 Å². The lowest BCUT2D eigenvalue weighted by Gasteiger charge is -2.43. The first kappa shape index (κ1) is 12.6. The molecule has 2 fully saturated rings. The van der Waals surface area contributed by atoms with E-state index in [9.17, 15) is 0 Å². The lowest BCUT2D eigenvalue weighted by atomic mass is 9.68. The number of anilines is 3. The maximum absolute atomic E-state index is 5.91. The molecule has 104 valence electrons. The van der Waals surface area contributed by atoms with Crippen LogP contribution in [0.3, 0.4) is 0 Å². The van der Waals surface area contributed by atoms with Crippen molar-refractivity contribution in [2.24, 2.45) is 16.7 Å². The molecular weight excluding hydrogens is 234 g/mol. The SMILES string of the molecule is CC12CCC(C1)C(C)(C)C2Nc1ccc(N)c(N)c1. The van der Waals surface area contributed by atoms with E-state index in [1.54, 1.807) is 0 Å². The maximum atomic E-state index is 5.91. The van der Waals surface area contributed by atoms with Gasteiger partial charge in [0.15, 0.2) is 0 Å². The Morgan fingerprint density at radius 2 is 1.89 bits per heavy atom. The highest BCUT2D eigenvalue weighted by Gasteiger charge is 2.59. The number of hydrogen-bond donors (Lipinski definition) is 3. The first-order chi connectivity index (χ1) is 8.83. The Bertz CT molecular complexity index is 504. The zero-order valence-electron chi connectivity index (χ0n) is 12.2. The van der Waals surface area contributed by atoms with Crippen LogP contribution in [0.15, 0.2) is 18.2 Å². The van der Waals surface area contributed by atoms with Crippen molar-refractivity contribution < 1.29 is 0 Å². The van der Waals surface area contributed by atoms with E-state index in [1.165, 1.54) is 19.3 Å². The number of nitrogens with two attached hydrogens (primary N) is 2. The molecule has 0 heterocycles. The summed E-state index contributed by atoms with van der Waals surface area (Å²) in [4.78, 5) is 0. The fourth-order valence-electron chi connectivity index (χ4n) is 4.49. The first-order valence-electron chi connectivity index (χ1n) is 7.24. The minimum atomic E-state index is 0.350. The van der Waals surface area contributed by atoms with E-state index in [0.29, 0.717) is 28.2 Å². The smallest absolute Gasteiger partial charge is 0.0568 e. The molecule has 2 aliphatic carbocycles. The molecule has 0 spiro atoms. The normalized spacial score (nSPS) is 35.5. The molecule has 0 aromatic heterocycles. The average Bonchev–Trinajstić information content (AvgIpc) is 2.80. The predicted molar refractivity (Wildman–Crippen MR) is 81.9 cm³/mol. The summed E-state index contributed by atoms with van der Waals surface area (Å²) in [7, 11) is 0. The van der Waals surface area contributed by atoms with E-state index in [4.69, 9.17) is 11.5 Å². The molecule has 3 atom stereocenters. The molecule has 0 radical (unpaired) electrons. The molecule has 0 saturated heterocycles. The largest absolute Gasteiger partial charge is 0.397 e. The molecule has 3 rings (SSSR count). The molecule has 5 N–H and O–H groups in total. The summed E-state index contributed by atoms with van der Waals surface area (Å²) in [5.74, 6) is 0.848. The lowest BCUT2D eigenvalue weighted by molar-refractivity contribution is 0.155. The molecule has 19 heavy (non-hydrogen) atoms. The van der Waals surface area contributed by atoms with Crippen LogP contribution in [0.2, 0.25) is 0 Å². The quantitative estimate of drug-likeness (QED) is 0.712. The summed E-state index contributed by atoms with van der Waals surface area (Å²) in [5, 5.41) is 3.74. The highest BCUT2D eigenvalue weighted by Crippen LogP contribution is 2.63. The van der Waals surface area contributed by atoms with Gasteiger partial charge in [0.05, 0.1) is 11.4 Å². The second-order valence-electron chi connectivity index (χ2n) is 7.34. The summed E-state index contributed by atoms with van der Waals surface area (Å²) in [5.41, 5.74) is 14.9. The summed E-state index contributed by atoms with van der Waals surface area (Å²) in [6, 6.07) is 6.40. The Balaban J connectivity index is 1.88. The third-order valence-corrected chi connectivity index (χ3v) is 5.67. The highest BCUT2D eigenvalue weighted by atomic mass is 15.0. The minimum absolute atomic E-state index is 0.350. The van der Waals surface area contributed by atoms with Gasteiger partial charge in [0.25, 0.3) is 0 Å². The van der Waals surface area contributed by atoms with Crippen LogP contribution < -0.4 is 16.8 Å². The van der Waals surface area contributed by atoms with Crippen molar-refractivity contribution in [3.05, 3.63) is 18.2 Å². The zero-order chi connectivity index (χ0) is 13.8. The number of fused-ring (bicyclic) bond motifs is 2. The van der Waals surface area contributed by atoms with Crippen LogP contribution in [0.1, 0.15) is 40.0 Å². The number of nitrogens with one attached hydrogen (secondary N) is 1. The molecule has 0 amide bonds. The second-order valence-corrected chi connectivity index (χ2v) is 7.34. The monoisotopic (exact) mass is 259 g/mol. The summed E-state index contributed by atoms with van der Waals surface area (Å²) in [6.45, 7) is 7.24. The molecule has 1 aromatic carbocycles. The molecule has 3 unspecified atom stereocenters. The Kier molecular flexibility index (Phi) is 2.54. The van der Waals surface area contributed by atoms with Gasteiger partial charge in [-0.3, -0.25) is 0 Å². The Morgan fingerprint density at radius 1 is 1.16 bits per heavy atom. The van der Waals surface area contributed by atoms with Crippen molar-refractivity contribution in [2.75, 3.05) is 16.8 Å². The zero-order valence-corrected chi connectivity index (χ0v) is 12.2. The van der Waals surface area contributed by atoms with Crippen LogP contribution in [0.5, 0.6) is 0 Å². The fourth-order valence-corrected chi connectivity index (χ4v) is 4.49. The molecule has 2 saturated carbocycles. The third kappa shape index (κ3) is 1.78. The van der Waals surface area contributed by atoms with Crippen molar-refractivity contribution in [3.63, 3.8) is 0 Å². The van der Waals surface area contributed by atoms with Gasteiger partial charge in [-0.25, -0.2) is 0 Å². The molecule has 0 aliphatic heterocycles. The molecule has 1 aromatic rings. The van der Waals surface area contributed by atoms with Crippen LogP contribution in [0.4, 0.5) is 17.1 Å². The van der Waals surface area contributed by atoms with Crippen molar-refractivity contribution in [3.8, 4) is 0 Å². The number of hydrogen-bond acceptors (Lipinski definition) is 3. The Hall–Kier alpha value is -1.38. The summed E-state index contributed by atoms with van der Waals surface area (Å²) >= 11 is 0. The minimum Gasteiger partial charge on any atom is -0.397 e. The Labute approximate surface area is 115 Å². The van der Waals surface area contributed by atoms with E-state index in [0.717, 1.165) is 11.6 Å². The van der Waals surface area contributed by atoms with E-state index >= 15 is 0 Å². The Morgan fingerprint density at radius 3 is 2.47 bits per heavy atom. The molecule has 3 nitrogen and oxygen atoms in total. The lowest BCUT2D eigenvalue weighted by Crippen LogP contribution is -2.45. The van der Waals surface area contributed by atoms with Crippen LogP contribution >= 0.6 is 0 Å². The molecule has 3 heteroatoms. The van der Waals surface area contributed by atoms with Crippen LogP contribution in [-0.4, -0.2) is 6.04 Å². The number of rotatable bonds is 2. The van der Waals surface area contributed by atoms with Crippen LogP contribution in [-0.2, 0) is 0 Å². The van der Waals surface area contributed by atoms with E-state index < -0.39 is 0 Å². The molecular formula is C16H25N3. The van der Waals surface area contributed by atoms with Gasteiger partial charge >= 0.3 is 0 Å². The van der Waals surface area contributed by atoms with Gasteiger partial charge < -0.3 is 16.8 Å². The van der Waals surface area contributed by atoms with Gasteiger partial charge in [-0.05, 0) is 54.2 Å². The highest BCUT2D eigenvalue weighted by molar-refractivity contribution is 5.69. The van der Waals surface area contributed by atoms with Crippen LogP contribution in [0.25, 0.3) is 0 Å². The molecule has 2 bridgehead atoms. The van der Waals surface area contributed by atoms with Gasteiger partial charge in [-0.2, -0.15) is 0 Å². The number of benzene rings is 1.